The van der Waals surface area contributed by atoms with E-state index in [0.717, 1.165) is 6.07 Å². The summed E-state index contributed by atoms with van der Waals surface area (Å²) in [4.78, 5) is 0. The molecule has 0 saturated heterocycles. The summed E-state index contributed by atoms with van der Waals surface area (Å²) in [5.74, 6) is -2.96. The fourth-order valence-corrected chi connectivity index (χ4v) is 0.978. The van der Waals surface area contributed by atoms with Crippen molar-refractivity contribution in [3.05, 3.63) is 29.3 Å². The van der Waals surface area contributed by atoms with Crippen molar-refractivity contribution in [3.8, 4) is 11.8 Å². The van der Waals surface area contributed by atoms with E-state index in [1.807, 2.05) is 0 Å². The van der Waals surface area contributed by atoms with Gasteiger partial charge < -0.3 is 4.74 Å². The first-order valence-electron chi connectivity index (χ1n) is 3.84. The highest BCUT2D eigenvalue weighted by atomic mass is 19.3. The van der Waals surface area contributed by atoms with Crippen molar-refractivity contribution in [2.75, 3.05) is 0 Å². The van der Waals surface area contributed by atoms with Crippen molar-refractivity contribution in [3.63, 3.8) is 0 Å². The molecule has 2 nitrogen and oxygen atoms in total. The van der Waals surface area contributed by atoms with E-state index in [2.05, 4.69) is 4.74 Å². The number of alkyl halides is 2. The second-order valence-corrected chi connectivity index (χ2v) is 2.59. The summed E-state index contributed by atoms with van der Waals surface area (Å²) < 4.78 is 53.1. The molecule has 0 saturated carbocycles. The molecule has 0 spiro atoms. The topological polar surface area (TPSA) is 33.0 Å². The van der Waals surface area contributed by atoms with Gasteiger partial charge in [-0.2, -0.15) is 14.0 Å². The highest BCUT2D eigenvalue weighted by molar-refractivity contribution is 5.33. The molecule has 0 N–H and O–H groups in total. The van der Waals surface area contributed by atoms with Gasteiger partial charge in [0.05, 0.1) is 12.5 Å². The van der Waals surface area contributed by atoms with E-state index < -0.39 is 24.0 Å². The molecule has 0 fully saturated rings. The SMILES string of the molecule is N#CCc1cc(OC(F)F)c(F)cc1F. The lowest BCUT2D eigenvalue weighted by Gasteiger charge is -2.07. The van der Waals surface area contributed by atoms with Crippen molar-refractivity contribution < 1.29 is 22.3 Å². The first kappa shape index (κ1) is 11.3. The summed E-state index contributed by atoms with van der Waals surface area (Å²) in [6.07, 6.45) is -0.342. The van der Waals surface area contributed by atoms with E-state index >= 15 is 0 Å². The van der Waals surface area contributed by atoms with Crippen LogP contribution in [0.3, 0.4) is 0 Å². The minimum absolute atomic E-state index is 0.186. The van der Waals surface area contributed by atoms with E-state index in [1.54, 1.807) is 6.07 Å². The first-order valence-corrected chi connectivity index (χ1v) is 3.84. The van der Waals surface area contributed by atoms with Gasteiger partial charge in [-0.15, -0.1) is 0 Å². The molecular weight excluding hydrogens is 214 g/mol. The van der Waals surface area contributed by atoms with Gasteiger partial charge in [0.25, 0.3) is 0 Å². The van der Waals surface area contributed by atoms with E-state index in [4.69, 9.17) is 5.26 Å². The molecule has 6 heteroatoms. The monoisotopic (exact) mass is 219 g/mol. The summed E-state index contributed by atoms with van der Waals surface area (Å²) in [6, 6.07) is 2.78. The van der Waals surface area contributed by atoms with Crippen LogP contribution in [0.2, 0.25) is 0 Å². The van der Waals surface area contributed by atoms with Gasteiger partial charge in [0.2, 0.25) is 0 Å². The molecule has 0 radical (unpaired) electrons. The van der Waals surface area contributed by atoms with Gasteiger partial charge in [-0.25, -0.2) is 8.78 Å². The molecule has 15 heavy (non-hydrogen) atoms. The van der Waals surface area contributed by atoms with Crippen LogP contribution >= 0.6 is 0 Å². The number of rotatable bonds is 3. The van der Waals surface area contributed by atoms with Gasteiger partial charge in [-0.05, 0) is 6.07 Å². The Balaban J connectivity index is 3.07. The van der Waals surface area contributed by atoms with Crippen LogP contribution in [-0.2, 0) is 6.42 Å². The minimum atomic E-state index is -3.19. The summed E-state index contributed by atoms with van der Waals surface area (Å²) in [7, 11) is 0. The van der Waals surface area contributed by atoms with Crippen molar-refractivity contribution >= 4 is 0 Å². The van der Waals surface area contributed by atoms with E-state index in [0.29, 0.717) is 6.07 Å². The van der Waals surface area contributed by atoms with Crippen LogP contribution in [0, 0.1) is 23.0 Å². The van der Waals surface area contributed by atoms with Crippen LogP contribution in [0.25, 0.3) is 0 Å². The van der Waals surface area contributed by atoms with Crippen LogP contribution in [0.5, 0.6) is 5.75 Å². The largest absolute Gasteiger partial charge is 0.432 e. The van der Waals surface area contributed by atoms with Gasteiger partial charge >= 0.3 is 6.61 Å². The number of ether oxygens (including phenoxy) is 1. The molecule has 0 aliphatic rings. The molecule has 80 valence electrons. The van der Waals surface area contributed by atoms with Crippen LogP contribution in [-0.4, -0.2) is 6.61 Å². The lowest BCUT2D eigenvalue weighted by Crippen LogP contribution is -2.05. The normalized spacial score (nSPS) is 10.1. The molecule has 0 atom stereocenters. The number of nitriles is 1. The minimum Gasteiger partial charge on any atom is -0.432 e. The van der Waals surface area contributed by atoms with Crippen molar-refractivity contribution in [2.45, 2.75) is 13.0 Å². The quantitative estimate of drug-likeness (QED) is 0.732. The Labute approximate surface area is 82.7 Å². The fourth-order valence-electron chi connectivity index (χ4n) is 0.978. The molecule has 0 bridgehead atoms. The Bertz CT molecular complexity index is 400. The zero-order chi connectivity index (χ0) is 11.4. The second-order valence-electron chi connectivity index (χ2n) is 2.59. The summed E-state index contributed by atoms with van der Waals surface area (Å²) >= 11 is 0. The highest BCUT2D eigenvalue weighted by Gasteiger charge is 2.14. The molecule has 1 rings (SSSR count). The van der Waals surface area contributed by atoms with Crippen molar-refractivity contribution in [1.29, 1.82) is 5.26 Å². The zero-order valence-corrected chi connectivity index (χ0v) is 7.31. The van der Waals surface area contributed by atoms with Crippen LogP contribution in [0.15, 0.2) is 12.1 Å². The molecule has 0 unspecified atom stereocenters. The summed E-state index contributed by atoms with van der Waals surface area (Å²) in [5.41, 5.74) is -0.186. The number of halogens is 4. The van der Waals surface area contributed by atoms with Gasteiger partial charge in [0, 0.05) is 11.6 Å². The molecule has 1 aromatic carbocycles. The zero-order valence-electron chi connectivity index (χ0n) is 7.31. The Kier molecular flexibility index (Phi) is 3.50. The summed E-state index contributed by atoms with van der Waals surface area (Å²) in [5, 5.41) is 8.29. The van der Waals surface area contributed by atoms with Crippen LogP contribution in [0.4, 0.5) is 17.6 Å². The van der Waals surface area contributed by atoms with Gasteiger partial charge in [0.1, 0.15) is 5.82 Å². The number of hydrogen-bond acceptors (Lipinski definition) is 2. The van der Waals surface area contributed by atoms with Crippen molar-refractivity contribution in [2.24, 2.45) is 0 Å². The second kappa shape index (κ2) is 4.64. The number of nitrogens with zero attached hydrogens (tertiary/aromatic N) is 1. The van der Waals surface area contributed by atoms with Gasteiger partial charge in [0.15, 0.2) is 11.6 Å². The molecule has 0 aliphatic heterocycles. The average molecular weight is 219 g/mol. The molecular formula is C9H5F4NO. The molecule has 0 heterocycles. The highest BCUT2D eigenvalue weighted by Crippen LogP contribution is 2.23. The van der Waals surface area contributed by atoms with E-state index in [-0.39, 0.29) is 12.0 Å². The Hall–Kier alpha value is -1.77. The van der Waals surface area contributed by atoms with Gasteiger partial charge in [-0.3, -0.25) is 0 Å². The lowest BCUT2D eigenvalue weighted by molar-refractivity contribution is -0.0522. The Morgan fingerprint density at radius 1 is 1.27 bits per heavy atom. The third-order valence-electron chi connectivity index (χ3n) is 1.59. The maximum absolute atomic E-state index is 12.9. The standard InChI is InChI=1S/C9H5F4NO/c10-6-4-7(11)8(15-9(12)13)3-5(6)1-2-14/h3-4,9H,1H2. The molecule has 0 amide bonds. The van der Waals surface area contributed by atoms with E-state index in [1.165, 1.54) is 0 Å². The number of hydrogen-bond donors (Lipinski definition) is 0. The maximum Gasteiger partial charge on any atom is 0.387 e. The van der Waals surface area contributed by atoms with Gasteiger partial charge in [-0.1, -0.05) is 0 Å². The molecule has 0 aromatic heterocycles. The Morgan fingerprint density at radius 3 is 2.47 bits per heavy atom. The van der Waals surface area contributed by atoms with Crippen LogP contribution in [0.1, 0.15) is 5.56 Å². The predicted octanol–water partition coefficient (Wildman–Crippen LogP) is 2.63. The fraction of sp³-hybridized carbons (Fsp3) is 0.222. The Morgan fingerprint density at radius 2 is 1.93 bits per heavy atom. The average Bonchev–Trinajstić information content (AvgIpc) is 2.12. The number of benzene rings is 1. The first-order chi connectivity index (χ1) is 7.04. The van der Waals surface area contributed by atoms with Crippen LogP contribution < -0.4 is 4.74 Å². The van der Waals surface area contributed by atoms with Crippen molar-refractivity contribution in [1.82, 2.24) is 0 Å². The third kappa shape index (κ3) is 2.84. The lowest BCUT2D eigenvalue weighted by atomic mass is 10.1. The van der Waals surface area contributed by atoms with E-state index in [9.17, 15) is 17.6 Å². The summed E-state index contributed by atoms with van der Waals surface area (Å²) in [6.45, 7) is -3.19. The smallest absolute Gasteiger partial charge is 0.387 e. The maximum atomic E-state index is 12.9. The predicted molar refractivity (Wildman–Crippen MR) is 42.3 cm³/mol. The molecule has 0 aliphatic carbocycles. The molecule has 1 aromatic rings. The third-order valence-corrected chi connectivity index (χ3v) is 1.59.